The topological polar surface area (TPSA) is 137 Å². The first kappa shape index (κ1) is 30.0. The van der Waals surface area contributed by atoms with Gasteiger partial charge in [-0.1, -0.05) is 17.7 Å². The van der Waals surface area contributed by atoms with Crippen LogP contribution < -0.4 is 30.3 Å². The Labute approximate surface area is 244 Å². The maximum absolute atomic E-state index is 12.6. The molecule has 1 aliphatic rings. The fourth-order valence-electron chi connectivity index (χ4n) is 3.73. The van der Waals surface area contributed by atoms with Gasteiger partial charge in [0.1, 0.15) is 5.75 Å². The lowest BCUT2D eigenvalue weighted by molar-refractivity contribution is -0.139. The number of esters is 1. The molecule has 0 spiro atoms. The number of amides is 3. The second-order valence-electron chi connectivity index (χ2n) is 8.02. The first-order valence-corrected chi connectivity index (χ1v) is 13.3. The van der Waals surface area contributed by atoms with Gasteiger partial charge < -0.3 is 29.6 Å². The number of hydrogen-bond acceptors (Lipinski definition) is 8. The molecule has 3 rings (SSSR count). The summed E-state index contributed by atoms with van der Waals surface area (Å²) in [6.07, 6.45) is 1.44. The number of methoxy groups -OCH3 is 1. The zero-order valence-electron chi connectivity index (χ0n) is 21.7. The first-order chi connectivity index (χ1) is 18.7. The van der Waals surface area contributed by atoms with E-state index < -0.39 is 23.9 Å². The van der Waals surface area contributed by atoms with Gasteiger partial charge in [0.25, 0.3) is 5.91 Å². The Morgan fingerprint density at radius 3 is 2.62 bits per heavy atom. The van der Waals surface area contributed by atoms with Gasteiger partial charge in [-0.15, -0.1) is 0 Å². The Hall–Kier alpha value is -3.52. The molecule has 1 aliphatic heterocycles. The maximum Gasteiger partial charge on any atom is 0.338 e. The minimum atomic E-state index is -0.769. The second kappa shape index (κ2) is 14.0. The van der Waals surface area contributed by atoms with Gasteiger partial charge in [0.15, 0.2) is 18.1 Å². The summed E-state index contributed by atoms with van der Waals surface area (Å²) in [4.78, 5) is 37.0. The number of rotatable bonds is 11. The predicted molar refractivity (Wildman–Crippen MR) is 153 cm³/mol. The van der Waals surface area contributed by atoms with Gasteiger partial charge in [-0.25, -0.2) is 15.0 Å². The fourth-order valence-corrected chi connectivity index (χ4v) is 4.94. The molecular formula is C26H28ClIN4O7. The monoisotopic (exact) mass is 670 g/mol. The number of ether oxygens (including phenoxy) is 4. The van der Waals surface area contributed by atoms with Crippen molar-refractivity contribution in [1.29, 1.82) is 0 Å². The van der Waals surface area contributed by atoms with E-state index in [-0.39, 0.29) is 24.5 Å². The number of hydrogen-bond donors (Lipinski definition) is 3. The highest BCUT2D eigenvalue weighted by atomic mass is 127. The van der Waals surface area contributed by atoms with Gasteiger partial charge in [0.2, 0.25) is 0 Å². The van der Waals surface area contributed by atoms with Crippen molar-refractivity contribution in [2.75, 3.05) is 26.9 Å². The van der Waals surface area contributed by atoms with Gasteiger partial charge in [0, 0.05) is 16.3 Å². The van der Waals surface area contributed by atoms with Crippen molar-refractivity contribution < 1.29 is 33.3 Å². The average molecular weight is 671 g/mol. The third-order valence-corrected chi connectivity index (χ3v) is 6.38. The second-order valence-corrected chi connectivity index (χ2v) is 9.62. The number of halogens is 2. The number of carbonyl (C=O) groups excluding carboxylic acids is 3. The van der Waals surface area contributed by atoms with E-state index in [9.17, 15) is 14.4 Å². The Balaban J connectivity index is 1.70. The molecule has 0 radical (unpaired) electrons. The molecule has 2 aromatic rings. The number of benzene rings is 2. The van der Waals surface area contributed by atoms with Crippen LogP contribution in [-0.4, -0.2) is 51.1 Å². The van der Waals surface area contributed by atoms with Crippen LogP contribution in [0.2, 0.25) is 5.02 Å². The van der Waals surface area contributed by atoms with Crippen molar-refractivity contribution in [2.24, 2.45) is 5.10 Å². The fraction of sp³-hybridized carbons (Fsp3) is 0.308. The van der Waals surface area contributed by atoms with Crippen LogP contribution in [0.1, 0.15) is 37.9 Å². The van der Waals surface area contributed by atoms with E-state index in [1.54, 1.807) is 44.2 Å². The van der Waals surface area contributed by atoms with Crippen molar-refractivity contribution in [3.05, 3.63) is 61.3 Å². The average Bonchev–Trinajstić information content (AvgIpc) is 2.88. The van der Waals surface area contributed by atoms with Gasteiger partial charge in [-0.3, -0.25) is 4.79 Å². The zero-order chi connectivity index (χ0) is 28.5. The molecule has 39 heavy (non-hydrogen) atoms. The van der Waals surface area contributed by atoms with E-state index in [0.717, 1.165) is 3.57 Å². The van der Waals surface area contributed by atoms with Crippen molar-refractivity contribution in [1.82, 2.24) is 16.1 Å². The van der Waals surface area contributed by atoms with Crippen molar-refractivity contribution >= 4 is 58.3 Å². The summed E-state index contributed by atoms with van der Waals surface area (Å²) in [6.45, 7) is 5.48. The van der Waals surface area contributed by atoms with Crippen LogP contribution in [0.4, 0.5) is 4.79 Å². The highest BCUT2D eigenvalue weighted by Crippen LogP contribution is 2.34. The Morgan fingerprint density at radius 1 is 1.15 bits per heavy atom. The lowest BCUT2D eigenvalue weighted by atomic mass is 9.95. The molecule has 11 nitrogen and oxygen atoms in total. The molecular weight excluding hydrogens is 643 g/mol. The lowest BCUT2D eigenvalue weighted by Gasteiger charge is -2.28. The van der Waals surface area contributed by atoms with Crippen molar-refractivity contribution in [2.45, 2.75) is 26.8 Å². The minimum Gasteiger partial charge on any atom is -0.493 e. The molecule has 3 amide bonds. The highest BCUT2D eigenvalue weighted by molar-refractivity contribution is 14.1. The molecule has 0 aromatic heterocycles. The van der Waals surface area contributed by atoms with Gasteiger partial charge in [-0.2, -0.15) is 5.10 Å². The van der Waals surface area contributed by atoms with E-state index in [4.69, 9.17) is 30.5 Å². The van der Waals surface area contributed by atoms with E-state index in [1.807, 2.05) is 6.92 Å². The van der Waals surface area contributed by atoms with Gasteiger partial charge in [0.05, 0.1) is 41.7 Å². The molecule has 0 bridgehead atoms. The summed E-state index contributed by atoms with van der Waals surface area (Å²) in [5, 5.41) is 9.80. The number of urea groups is 1. The Morgan fingerprint density at radius 2 is 1.92 bits per heavy atom. The summed E-state index contributed by atoms with van der Waals surface area (Å²) < 4.78 is 22.7. The molecule has 13 heteroatoms. The van der Waals surface area contributed by atoms with E-state index in [0.29, 0.717) is 40.0 Å². The molecule has 0 fully saturated rings. The van der Waals surface area contributed by atoms with Crippen LogP contribution in [0.25, 0.3) is 0 Å². The van der Waals surface area contributed by atoms with E-state index >= 15 is 0 Å². The predicted octanol–water partition coefficient (Wildman–Crippen LogP) is 4.07. The normalized spacial score (nSPS) is 14.9. The van der Waals surface area contributed by atoms with Gasteiger partial charge >= 0.3 is 12.0 Å². The maximum atomic E-state index is 12.6. The largest absolute Gasteiger partial charge is 0.493 e. The third-order valence-electron chi connectivity index (χ3n) is 5.36. The Bertz CT molecular complexity index is 1320. The van der Waals surface area contributed by atoms with Crippen LogP contribution in [0.3, 0.4) is 0 Å². The first-order valence-electron chi connectivity index (χ1n) is 11.9. The number of hydrazone groups is 1. The summed E-state index contributed by atoms with van der Waals surface area (Å²) in [5.41, 5.74) is 4.24. The minimum absolute atomic E-state index is 0.185. The molecule has 0 saturated carbocycles. The summed E-state index contributed by atoms with van der Waals surface area (Å²) in [5.74, 6) is 0.128. The Kier molecular flexibility index (Phi) is 10.8. The van der Waals surface area contributed by atoms with Crippen LogP contribution in [-0.2, 0) is 14.3 Å². The molecule has 3 N–H and O–H groups in total. The zero-order valence-corrected chi connectivity index (χ0v) is 24.6. The van der Waals surface area contributed by atoms with Crippen LogP contribution >= 0.6 is 34.2 Å². The molecule has 1 atom stereocenters. The summed E-state index contributed by atoms with van der Waals surface area (Å²) in [6, 6.07) is 7.08. The molecule has 0 unspecified atom stereocenters. The van der Waals surface area contributed by atoms with E-state index in [1.165, 1.54) is 13.3 Å². The molecule has 2 aromatic carbocycles. The third kappa shape index (κ3) is 7.76. The number of carbonyl (C=O) groups is 3. The summed E-state index contributed by atoms with van der Waals surface area (Å²) in [7, 11) is 1.44. The molecule has 1 heterocycles. The van der Waals surface area contributed by atoms with Crippen molar-refractivity contribution in [3.8, 4) is 17.2 Å². The summed E-state index contributed by atoms with van der Waals surface area (Å²) >= 11 is 8.25. The van der Waals surface area contributed by atoms with Crippen LogP contribution in [0.5, 0.6) is 17.2 Å². The van der Waals surface area contributed by atoms with Crippen LogP contribution in [0, 0.1) is 3.57 Å². The SMILES string of the molecule is CCOC(=O)C1=C(C)NC(=O)N[C@@H]1c1ccc(OCC(=O)N/N=C/c2cc(Cl)cc(I)c2OCC)c(OC)c1. The van der Waals surface area contributed by atoms with E-state index in [2.05, 4.69) is 43.8 Å². The standard InChI is InChI=1S/C26H28ClIN4O7/c1-5-37-24-16(9-17(27)11-18(24)28)12-29-32-21(33)13-39-19-8-7-15(10-20(19)36-4)23-22(25(34)38-6-2)14(3)30-26(35)31-23/h7-12,23H,5-6,13H2,1-4H3,(H,32,33)(H2,30,31,35)/b29-12+/t23-/m1/s1. The quantitative estimate of drug-likeness (QED) is 0.142. The smallest absolute Gasteiger partial charge is 0.338 e. The number of allylic oxidation sites excluding steroid dienone is 1. The number of nitrogens with zero attached hydrogens (tertiary/aromatic N) is 1. The van der Waals surface area contributed by atoms with Crippen LogP contribution in [0.15, 0.2) is 46.7 Å². The van der Waals surface area contributed by atoms with Crippen molar-refractivity contribution in [3.63, 3.8) is 0 Å². The molecule has 0 aliphatic carbocycles. The highest BCUT2D eigenvalue weighted by Gasteiger charge is 2.32. The van der Waals surface area contributed by atoms with Gasteiger partial charge in [-0.05, 0) is 73.2 Å². The molecule has 0 saturated heterocycles. The lowest BCUT2D eigenvalue weighted by Crippen LogP contribution is -2.45. The molecule has 208 valence electrons. The number of nitrogens with one attached hydrogen (secondary N) is 3.